The predicted octanol–water partition coefficient (Wildman–Crippen LogP) is 2.78. The first-order valence-corrected chi connectivity index (χ1v) is 12.8. The highest BCUT2D eigenvalue weighted by Crippen LogP contribution is 2.36. The summed E-state index contributed by atoms with van der Waals surface area (Å²) >= 11 is 1.33. The Balaban J connectivity index is 1.64. The summed E-state index contributed by atoms with van der Waals surface area (Å²) in [6.07, 6.45) is 1.26. The van der Waals surface area contributed by atoms with Crippen LogP contribution in [0.2, 0.25) is 0 Å². The number of carbonyl (C=O) groups is 4. The molecule has 3 rings (SSSR count). The SMILES string of the molecule is CC[C@@H](NC(=O)C1CCC(F)(F)CC1)C(=O)N[C@H](Cc1ccccc1)C(=O)C(=O)NCc1nccs1. The molecule has 1 aromatic carbocycles. The number of nitrogens with zero attached hydrogens (tertiary/aromatic N) is 1. The summed E-state index contributed by atoms with van der Waals surface area (Å²) in [6.45, 7) is 1.77. The van der Waals surface area contributed by atoms with Crippen molar-refractivity contribution in [1.29, 1.82) is 0 Å². The van der Waals surface area contributed by atoms with Gasteiger partial charge in [0.1, 0.15) is 17.1 Å². The molecule has 8 nitrogen and oxygen atoms in total. The van der Waals surface area contributed by atoms with Crippen molar-refractivity contribution in [2.24, 2.45) is 5.92 Å². The van der Waals surface area contributed by atoms with E-state index in [1.54, 1.807) is 42.8 Å². The zero-order valence-electron chi connectivity index (χ0n) is 20.0. The fourth-order valence-corrected chi connectivity index (χ4v) is 4.57. The highest BCUT2D eigenvalue weighted by atomic mass is 32.1. The van der Waals surface area contributed by atoms with Crippen LogP contribution >= 0.6 is 11.3 Å². The van der Waals surface area contributed by atoms with Crippen molar-refractivity contribution in [2.75, 3.05) is 0 Å². The molecule has 0 spiro atoms. The lowest BCUT2D eigenvalue weighted by molar-refractivity contribution is -0.140. The molecule has 3 N–H and O–H groups in total. The average molecular weight is 521 g/mol. The number of alkyl halides is 2. The molecule has 36 heavy (non-hydrogen) atoms. The summed E-state index contributed by atoms with van der Waals surface area (Å²) in [5, 5.41) is 10.2. The molecule has 0 unspecified atom stereocenters. The van der Waals surface area contributed by atoms with Gasteiger partial charge < -0.3 is 16.0 Å². The summed E-state index contributed by atoms with van der Waals surface area (Å²) in [6, 6.07) is 6.80. The Labute approximate surface area is 212 Å². The van der Waals surface area contributed by atoms with Crippen LogP contribution in [-0.2, 0) is 32.1 Å². The van der Waals surface area contributed by atoms with Crippen molar-refractivity contribution in [3.63, 3.8) is 0 Å². The highest BCUT2D eigenvalue weighted by molar-refractivity contribution is 7.09. The van der Waals surface area contributed by atoms with Gasteiger partial charge in [-0.2, -0.15) is 0 Å². The van der Waals surface area contributed by atoms with E-state index in [4.69, 9.17) is 0 Å². The zero-order valence-corrected chi connectivity index (χ0v) is 20.8. The van der Waals surface area contributed by atoms with Crippen molar-refractivity contribution in [3.05, 3.63) is 52.5 Å². The Bertz CT molecular complexity index is 1040. The summed E-state index contributed by atoms with van der Waals surface area (Å²) in [4.78, 5) is 55.3. The monoisotopic (exact) mass is 520 g/mol. The molecule has 1 saturated carbocycles. The van der Waals surface area contributed by atoms with Gasteiger partial charge in [0, 0.05) is 36.8 Å². The summed E-state index contributed by atoms with van der Waals surface area (Å²) < 4.78 is 26.9. The molecule has 3 amide bonds. The number of halogens is 2. The number of carbonyl (C=O) groups excluding carboxylic acids is 4. The van der Waals surface area contributed by atoms with Gasteiger partial charge >= 0.3 is 0 Å². The number of thiazole rings is 1. The Morgan fingerprint density at radius 1 is 1.08 bits per heavy atom. The first kappa shape index (κ1) is 27.4. The van der Waals surface area contributed by atoms with Crippen molar-refractivity contribution in [1.82, 2.24) is 20.9 Å². The second-order valence-electron chi connectivity index (χ2n) is 8.82. The first-order chi connectivity index (χ1) is 17.2. The topological polar surface area (TPSA) is 117 Å². The van der Waals surface area contributed by atoms with Gasteiger partial charge in [-0.25, -0.2) is 13.8 Å². The van der Waals surface area contributed by atoms with Crippen molar-refractivity contribution >= 4 is 34.8 Å². The molecule has 1 fully saturated rings. The number of benzene rings is 1. The molecule has 2 aromatic rings. The zero-order chi connectivity index (χ0) is 26.1. The van der Waals surface area contributed by atoms with Gasteiger partial charge in [-0.3, -0.25) is 19.2 Å². The van der Waals surface area contributed by atoms with E-state index in [-0.39, 0.29) is 45.1 Å². The van der Waals surface area contributed by atoms with Crippen LogP contribution in [0.1, 0.15) is 49.6 Å². The Morgan fingerprint density at radius 3 is 2.39 bits per heavy atom. The Hall–Kier alpha value is -3.21. The van der Waals surface area contributed by atoms with E-state index in [1.165, 1.54) is 11.3 Å². The van der Waals surface area contributed by atoms with Crippen LogP contribution in [0, 0.1) is 5.92 Å². The molecule has 1 aliphatic rings. The lowest BCUT2D eigenvalue weighted by atomic mass is 9.86. The second-order valence-corrected chi connectivity index (χ2v) is 9.80. The maximum absolute atomic E-state index is 13.4. The fourth-order valence-electron chi connectivity index (χ4n) is 4.02. The van der Waals surface area contributed by atoms with Crippen molar-refractivity contribution in [3.8, 4) is 0 Å². The molecular formula is C25H30F2N4O4S. The van der Waals surface area contributed by atoms with E-state index >= 15 is 0 Å². The van der Waals surface area contributed by atoms with Crippen LogP contribution in [0.3, 0.4) is 0 Å². The number of hydrogen-bond donors (Lipinski definition) is 3. The van der Waals surface area contributed by atoms with E-state index in [0.717, 1.165) is 5.56 Å². The van der Waals surface area contributed by atoms with E-state index in [9.17, 15) is 28.0 Å². The lowest BCUT2D eigenvalue weighted by Gasteiger charge is -2.29. The molecule has 2 atom stereocenters. The largest absolute Gasteiger partial charge is 0.344 e. The minimum absolute atomic E-state index is 0.0469. The van der Waals surface area contributed by atoms with Gasteiger partial charge in [0.15, 0.2) is 0 Å². The minimum Gasteiger partial charge on any atom is -0.344 e. The van der Waals surface area contributed by atoms with E-state index in [2.05, 4.69) is 20.9 Å². The van der Waals surface area contributed by atoms with Gasteiger partial charge in [0.25, 0.3) is 5.91 Å². The second kappa shape index (κ2) is 12.7. The molecule has 0 radical (unpaired) electrons. The van der Waals surface area contributed by atoms with Crippen molar-refractivity contribution in [2.45, 2.75) is 70.0 Å². The predicted molar refractivity (Wildman–Crippen MR) is 130 cm³/mol. The van der Waals surface area contributed by atoms with Gasteiger partial charge in [0.2, 0.25) is 23.5 Å². The third-order valence-electron chi connectivity index (χ3n) is 6.15. The van der Waals surface area contributed by atoms with Crippen LogP contribution in [0.5, 0.6) is 0 Å². The molecule has 1 aliphatic carbocycles. The molecular weight excluding hydrogens is 490 g/mol. The van der Waals surface area contributed by atoms with Gasteiger partial charge in [-0.15, -0.1) is 11.3 Å². The molecule has 194 valence electrons. The third-order valence-corrected chi connectivity index (χ3v) is 6.93. The van der Waals surface area contributed by atoms with Crippen LogP contribution < -0.4 is 16.0 Å². The van der Waals surface area contributed by atoms with Gasteiger partial charge in [-0.1, -0.05) is 37.3 Å². The Morgan fingerprint density at radius 2 is 1.78 bits per heavy atom. The molecule has 0 saturated heterocycles. The van der Waals surface area contributed by atoms with Crippen molar-refractivity contribution < 1.29 is 28.0 Å². The summed E-state index contributed by atoms with van der Waals surface area (Å²) in [5.74, 6) is -6.10. The molecule has 11 heteroatoms. The lowest BCUT2D eigenvalue weighted by Crippen LogP contribution is -2.55. The fraction of sp³-hybridized carbons (Fsp3) is 0.480. The molecule has 1 aromatic heterocycles. The number of nitrogens with one attached hydrogen (secondary N) is 3. The van der Waals surface area contributed by atoms with Gasteiger partial charge in [-0.05, 0) is 24.8 Å². The summed E-state index contributed by atoms with van der Waals surface area (Å²) in [5.41, 5.74) is 0.740. The molecule has 1 heterocycles. The Kier molecular flexibility index (Phi) is 9.63. The van der Waals surface area contributed by atoms with Crippen LogP contribution in [0.25, 0.3) is 0 Å². The maximum atomic E-state index is 13.4. The smallest absolute Gasteiger partial charge is 0.289 e. The van der Waals surface area contributed by atoms with Gasteiger partial charge in [0.05, 0.1) is 6.54 Å². The van der Waals surface area contributed by atoms with Crippen LogP contribution in [0.4, 0.5) is 8.78 Å². The van der Waals surface area contributed by atoms with E-state index in [1.807, 2.05) is 6.07 Å². The highest BCUT2D eigenvalue weighted by Gasteiger charge is 2.38. The molecule has 0 bridgehead atoms. The number of amides is 3. The van der Waals surface area contributed by atoms with E-state index in [0.29, 0.717) is 5.01 Å². The number of ketones is 1. The van der Waals surface area contributed by atoms with Crippen LogP contribution in [-0.4, -0.2) is 46.5 Å². The number of hydrogen-bond acceptors (Lipinski definition) is 6. The summed E-state index contributed by atoms with van der Waals surface area (Å²) in [7, 11) is 0. The molecule has 0 aliphatic heterocycles. The first-order valence-electron chi connectivity index (χ1n) is 11.9. The maximum Gasteiger partial charge on any atom is 0.289 e. The number of Topliss-reactive ketones (excluding diaryl/α,β-unsaturated/α-hetero) is 1. The number of aromatic nitrogens is 1. The standard InChI is InChI=1S/C25H30F2N4O4S/c1-2-18(30-22(33)17-8-10-25(26,27)11-9-17)23(34)31-19(14-16-6-4-3-5-7-16)21(32)24(35)29-15-20-28-12-13-36-20/h3-7,12-13,17-19H,2,8-11,14-15H2,1H3,(H,29,35)(H,30,33)(H,31,34)/t18-,19-/m1/s1. The number of rotatable bonds is 11. The van der Waals surface area contributed by atoms with Crippen LogP contribution in [0.15, 0.2) is 41.9 Å². The normalized spacial score (nSPS) is 17.0. The minimum atomic E-state index is -2.76. The average Bonchev–Trinajstić information content (AvgIpc) is 3.39. The third kappa shape index (κ3) is 7.91. The quantitative estimate of drug-likeness (QED) is 0.394. The van der Waals surface area contributed by atoms with E-state index < -0.39 is 47.4 Å².